The molecule has 2 unspecified atom stereocenters. The lowest BCUT2D eigenvalue weighted by atomic mass is 9.93. The summed E-state index contributed by atoms with van der Waals surface area (Å²) in [7, 11) is 1.83. The maximum atomic E-state index is 12.5. The molecular weight excluding hydrogens is 318 g/mol. The van der Waals surface area contributed by atoms with Crippen molar-refractivity contribution in [2.75, 3.05) is 13.2 Å². The molecule has 0 spiro atoms. The molecule has 2 aromatic rings. The molecule has 2 atom stereocenters. The summed E-state index contributed by atoms with van der Waals surface area (Å²) < 4.78 is 7.08. The highest BCUT2D eigenvalue weighted by Crippen LogP contribution is 2.28. The smallest absolute Gasteiger partial charge is 0.326 e. The summed E-state index contributed by atoms with van der Waals surface area (Å²) in [6.45, 7) is 2.90. The van der Waals surface area contributed by atoms with Gasteiger partial charge in [0.05, 0.1) is 17.2 Å². The van der Waals surface area contributed by atoms with E-state index in [-0.39, 0.29) is 11.8 Å². The van der Waals surface area contributed by atoms with E-state index in [1.165, 1.54) is 11.3 Å². The average molecular weight is 337 g/mol. The number of hydrogen-bond donors (Lipinski definition) is 2. The van der Waals surface area contributed by atoms with Crippen LogP contribution >= 0.6 is 11.3 Å². The van der Waals surface area contributed by atoms with Gasteiger partial charge in [0.2, 0.25) is 0 Å². The number of ether oxygens (including phenoxy) is 1. The number of aromatic nitrogens is 2. The molecule has 1 amide bonds. The number of nitrogens with zero attached hydrogens (tertiary/aromatic N) is 2. The lowest BCUT2D eigenvalue weighted by Crippen LogP contribution is -2.48. The minimum absolute atomic E-state index is 0.192. The van der Waals surface area contributed by atoms with Crippen LogP contribution in [0.15, 0.2) is 6.07 Å². The van der Waals surface area contributed by atoms with Gasteiger partial charge in [0.1, 0.15) is 10.9 Å². The van der Waals surface area contributed by atoms with Crippen molar-refractivity contribution < 1.29 is 19.4 Å². The van der Waals surface area contributed by atoms with E-state index in [1.807, 2.05) is 14.0 Å². The van der Waals surface area contributed by atoms with Gasteiger partial charge in [-0.2, -0.15) is 5.10 Å². The Morgan fingerprint density at radius 2 is 2.35 bits per heavy atom. The van der Waals surface area contributed by atoms with E-state index in [2.05, 4.69) is 10.4 Å². The minimum atomic E-state index is -1.02. The van der Waals surface area contributed by atoms with E-state index in [0.29, 0.717) is 18.1 Å². The topological polar surface area (TPSA) is 93.5 Å². The molecule has 1 saturated heterocycles. The van der Waals surface area contributed by atoms with Crippen LogP contribution < -0.4 is 5.32 Å². The number of nitrogens with one attached hydrogen (secondary N) is 1. The number of amides is 1. The summed E-state index contributed by atoms with van der Waals surface area (Å²) in [6.07, 6.45) is 1.56. The van der Waals surface area contributed by atoms with Crippen molar-refractivity contribution >= 4 is 33.4 Å². The van der Waals surface area contributed by atoms with Gasteiger partial charge < -0.3 is 15.2 Å². The Hall–Kier alpha value is -1.93. The van der Waals surface area contributed by atoms with Crippen LogP contribution in [0.4, 0.5) is 0 Å². The third-order valence-corrected chi connectivity index (χ3v) is 5.34. The SMILES string of the molecule is Cc1nn(C)c2sc(C(=O)NC(C(=O)O)C3CCCOC3)cc12. The average Bonchev–Trinajstić information content (AvgIpc) is 3.07. The molecule has 1 fully saturated rings. The lowest BCUT2D eigenvalue weighted by Gasteiger charge is -2.27. The number of aryl methyl sites for hydroxylation is 2. The second-order valence-corrected chi connectivity index (χ2v) is 6.84. The predicted molar refractivity (Wildman–Crippen MR) is 85.8 cm³/mol. The molecule has 124 valence electrons. The van der Waals surface area contributed by atoms with Gasteiger partial charge in [0, 0.05) is 25.0 Å². The number of aliphatic carboxylic acids is 1. The van der Waals surface area contributed by atoms with Gasteiger partial charge in [-0.05, 0) is 25.8 Å². The predicted octanol–water partition coefficient (Wildman–Crippen LogP) is 1.55. The first-order chi connectivity index (χ1) is 11.0. The Balaban J connectivity index is 1.79. The van der Waals surface area contributed by atoms with Crippen molar-refractivity contribution in [1.29, 1.82) is 0 Å². The fourth-order valence-corrected chi connectivity index (χ4v) is 3.97. The fourth-order valence-electron chi connectivity index (χ4n) is 2.94. The molecule has 23 heavy (non-hydrogen) atoms. The molecular formula is C15H19N3O4S. The fraction of sp³-hybridized carbons (Fsp3) is 0.533. The van der Waals surface area contributed by atoms with Crippen molar-refractivity contribution in [1.82, 2.24) is 15.1 Å². The molecule has 2 N–H and O–H groups in total. The number of thiophene rings is 1. The standard InChI is InChI=1S/C15H19N3O4S/c1-8-10-6-11(23-14(10)18(2)17-8)13(19)16-12(15(20)21)9-4-3-5-22-7-9/h6,9,12H,3-5,7H2,1-2H3,(H,16,19)(H,20,21). The van der Waals surface area contributed by atoms with Crippen LogP contribution in [0.1, 0.15) is 28.2 Å². The molecule has 2 aromatic heterocycles. The number of carbonyl (C=O) groups excluding carboxylic acids is 1. The molecule has 0 bridgehead atoms. The number of hydrogen-bond acceptors (Lipinski definition) is 5. The molecule has 1 aliphatic heterocycles. The van der Waals surface area contributed by atoms with Crippen LogP contribution in [0.5, 0.6) is 0 Å². The summed E-state index contributed by atoms with van der Waals surface area (Å²) in [5, 5.41) is 17.3. The molecule has 0 aliphatic carbocycles. The normalized spacial score (nSPS) is 19.7. The largest absolute Gasteiger partial charge is 0.480 e. The van der Waals surface area contributed by atoms with Crippen molar-refractivity contribution in [2.45, 2.75) is 25.8 Å². The summed E-state index contributed by atoms with van der Waals surface area (Å²) in [5.41, 5.74) is 0.855. The van der Waals surface area contributed by atoms with Gasteiger partial charge in [-0.3, -0.25) is 9.48 Å². The Labute approximate surface area is 137 Å². The highest BCUT2D eigenvalue weighted by molar-refractivity contribution is 7.20. The first-order valence-electron chi connectivity index (χ1n) is 7.52. The number of carbonyl (C=O) groups is 2. The maximum Gasteiger partial charge on any atom is 0.326 e. The highest BCUT2D eigenvalue weighted by Gasteiger charge is 2.32. The van der Waals surface area contributed by atoms with Crippen LogP contribution in [0.3, 0.4) is 0 Å². The number of carboxylic acid groups (broad SMARTS) is 1. The Morgan fingerprint density at radius 3 is 2.96 bits per heavy atom. The van der Waals surface area contributed by atoms with Gasteiger partial charge in [-0.25, -0.2) is 4.79 Å². The quantitative estimate of drug-likeness (QED) is 0.883. The first-order valence-corrected chi connectivity index (χ1v) is 8.33. The second-order valence-electron chi connectivity index (χ2n) is 5.81. The maximum absolute atomic E-state index is 12.5. The van der Waals surface area contributed by atoms with Crippen molar-refractivity contribution in [3.05, 3.63) is 16.6 Å². The van der Waals surface area contributed by atoms with E-state index < -0.39 is 12.0 Å². The van der Waals surface area contributed by atoms with E-state index in [4.69, 9.17) is 4.74 Å². The Bertz CT molecular complexity index is 711. The molecule has 0 saturated carbocycles. The van der Waals surface area contributed by atoms with Gasteiger partial charge in [-0.15, -0.1) is 11.3 Å². The molecule has 3 heterocycles. The first kappa shape index (κ1) is 15.9. The van der Waals surface area contributed by atoms with E-state index in [9.17, 15) is 14.7 Å². The minimum Gasteiger partial charge on any atom is -0.480 e. The summed E-state index contributed by atoms with van der Waals surface area (Å²) >= 11 is 1.32. The number of rotatable bonds is 4. The van der Waals surface area contributed by atoms with Gasteiger partial charge in [-0.1, -0.05) is 0 Å². The highest BCUT2D eigenvalue weighted by atomic mass is 32.1. The van der Waals surface area contributed by atoms with Crippen LogP contribution in [0.2, 0.25) is 0 Å². The molecule has 8 heteroatoms. The van der Waals surface area contributed by atoms with Gasteiger partial charge in [0.25, 0.3) is 5.91 Å². The summed E-state index contributed by atoms with van der Waals surface area (Å²) in [4.78, 5) is 25.4. The molecule has 0 aromatic carbocycles. The monoisotopic (exact) mass is 337 g/mol. The third kappa shape index (κ3) is 3.09. The van der Waals surface area contributed by atoms with Gasteiger partial charge >= 0.3 is 5.97 Å². The zero-order chi connectivity index (χ0) is 16.6. The van der Waals surface area contributed by atoms with Crippen molar-refractivity contribution in [2.24, 2.45) is 13.0 Å². The molecule has 7 nitrogen and oxygen atoms in total. The van der Waals surface area contributed by atoms with E-state index in [0.717, 1.165) is 28.8 Å². The van der Waals surface area contributed by atoms with E-state index in [1.54, 1.807) is 10.7 Å². The van der Waals surface area contributed by atoms with Crippen LogP contribution in [0.25, 0.3) is 10.2 Å². The molecule has 1 aliphatic rings. The van der Waals surface area contributed by atoms with Crippen LogP contribution in [-0.4, -0.2) is 46.0 Å². The molecule has 0 radical (unpaired) electrons. The van der Waals surface area contributed by atoms with Crippen molar-refractivity contribution in [3.63, 3.8) is 0 Å². The number of fused-ring (bicyclic) bond motifs is 1. The third-order valence-electron chi connectivity index (χ3n) is 4.14. The summed E-state index contributed by atoms with van der Waals surface area (Å²) in [5.74, 6) is -1.57. The number of carboxylic acids is 1. The van der Waals surface area contributed by atoms with Gasteiger partial charge in [0.15, 0.2) is 0 Å². The van der Waals surface area contributed by atoms with E-state index >= 15 is 0 Å². The Morgan fingerprint density at radius 1 is 1.57 bits per heavy atom. The molecule has 3 rings (SSSR count). The lowest BCUT2D eigenvalue weighted by molar-refractivity contribution is -0.142. The van der Waals surface area contributed by atoms with Crippen LogP contribution in [-0.2, 0) is 16.6 Å². The zero-order valence-electron chi connectivity index (χ0n) is 13.0. The van der Waals surface area contributed by atoms with Crippen molar-refractivity contribution in [3.8, 4) is 0 Å². The zero-order valence-corrected chi connectivity index (χ0v) is 13.9. The van der Waals surface area contributed by atoms with Crippen LogP contribution in [0, 0.1) is 12.8 Å². The summed E-state index contributed by atoms with van der Waals surface area (Å²) in [6, 6.07) is 0.848. The Kier molecular flexibility index (Phi) is 4.36. The second kappa shape index (κ2) is 6.29.